The molecule has 6 heteroatoms. The normalized spacial score (nSPS) is 11.7. The molecule has 0 bridgehead atoms. The summed E-state index contributed by atoms with van der Waals surface area (Å²) in [5.74, 6) is -1.31. The van der Waals surface area contributed by atoms with E-state index in [4.69, 9.17) is 9.84 Å². The summed E-state index contributed by atoms with van der Waals surface area (Å²) in [6, 6.07) is 11.5. The van der Waals surface area contributed by atoms with Crippen LogP contribution in [0.1, 0.15) is 24.5 Å². The first-order chi connectivity index (χ1) is 12.4. The highest BCUT2D eigenvalue weighted by molar-refractivity contribution is 5.93. The molecule has 0 aliphatic rings. The van der Waals surface area contributed by atoms with Crippen LogP contribution in [-0.2, 0) is 16.0 Å². The summed E-state index contributed by atoms with van der Waals surface area (Å²) >= 11 is 0. The largest absolute Gasteiger partial charge is 0.482 e. The van der Waals surface area contributed by atoms with Crippen LogP contribution in [0.25, 0.3) is 0 Å². The molecule has 2 N–H and O–H groups in total. The minimum atomic E-state index is -1.05. The van der Waals surface area contributed by atoms with Crippen molar-refractivity contribution >= 4 is 17.6 Å². The minimum Gasteiger partial charge on any atom is -0.482 e. The molecule has 1 amide bonds. The van der Waals surface area contributed by atoms with Gasteiger partial charge in [0.25, 0.3) is 0 Å². The standard InChI is InChI=1S/C20H22FNO4/c1-13(7-8-15-5-3-4-6-17(15)21)20(25)22-18-10-9-16(11-14(18)2)26-12-19(23)24/h3-6,9-11,13H,7-8,12H2,1-2H3,(H,22,25)(H,23,24). The van der Waals surface area contributed by atoms with Crippen LogP contribution >= 0.6 is 0 Å². The van der Waals surface area contributed by atoms with Gasteiger partial charge in [-0.25, -0.2) is 9.18 Å². The Morgan fingerprint density at radius 2 is 1.96 bits per heavy atom. The Morgan fingerprint density at radius 1 is 1.23 bits per heavy atom. The number of halogens is 1. The lowest BCUT2D eigenvalue weighted by molar-refractivity contribution is -0.139. The molecule has 0 saturated carbocycles. The van der Waals surface area contributed by atoms with Crippen LogP contribution in [0.4, 0.5) is 10.1 Å². The first kappa shape index (κ1) is 19.4. The number of nitrogens with one attached hydrogen (secondary N) is 1. The summed E-state index contributed by atoms with van der Waals surface area (Å²) in [6.07, 6.45) is 1.02. The van der Waals surface area contributed by atoms with Crippen molar-refractivity contribution in [3.05, 3.63) is 59.4 Å². The zero-order valence-electron chi connectivity index (χ0n) is 14.8. The zero-order chi connectivity index (χ0) is 19.1. The van der Waals surface area contributed by atoms with E-state index in [2.05, 4.69) is 5.32 Å². The molecule has 0 aromatic heterocycles. The van der Waals surface area contributed by atoms with Gasteiger partial charge in [-0.3, -0.25) is 4.79 Å². The fourth-order valence-electron chi connectivity index (χ4n) is 2.47. The lowest BCUT2D eigenvalue weighted by Gasteiger charge is -2.15. The number of hydrogen-bond acceptors (Lipinski definition) is 3. The maximum absolute atomic E-state index is 13.6. The lowest BCUT2D eigenvalue weighted by atomic mass is 10.00. The average Bonchev–Trinajstić information content (AvgIpc) is 2.61. The van der Waals surface area contributed by atoms with Gasteiger partial charge in [-0.2, -0.15) is 0 Å². The Bertz CT molecular complexity index is 791. The number of ether oxygens (including phenoxy) is 1. The lowest BCUT2D eigenvalue weighted by Crippen LogP contribution is -2.21. The molecule has 1 atom stereocenters. The van der Waals surface area contributed by atoms with E-state index < -0.39 is 12.6 Å². The van der Waals surface area contributed by atoms with E-state index in [9.17, 15) is 14.0 Å². The molecule has 1 unspecified atom stereocenters. The van der Waals surface area contributed by atoms with Gasteiger partial charge in [0.2, 0.25) is 5.91 Å². The molecular formula is C20H22FNO4. The fraction of sp³-hybridized carbons (Fsp3) is 0.300. The zero-order valence-corrected chi connectivity index (χ0v) is 14.8. The maximum Gasteiger partial charge on any atom is 0.341 e. The summed E-state index contributed by atoms with van der Waals surface area (Å²) in [5.41, 5.74) is 2.00. The van der Waals surface area contributed by atoms with Crippen LogP contribution in [0.3, 0.4) is 0 Å². The molecule has 2 rings (SSSR count). The van der Waals surface area contributed by atoms with E-state index in [1.54, 1.807) is 50.2 Å². The quantitative estimate of drug-likeness (QED) is 0.752. The van der Waals surface area contributed by atoms with Crippen molar-refractivity contribution in [1.29, 1.82) is 0 Å². The molecule has 26 heavy (non-hydrogen) atoms. The van der Waals surface area contributed by atoms with Crippen molar-refractivity contribution < 1.29 is 23.8 Å². The van der Waals surface area contributed by atoms with Gasteiger partial charge in [0.05, 0.1) is 0 Å². The molecule has 138 valence electrons. The number of amides is 1. The van der Waals surface area contributed by atoms with Crippen LogP contribution in [0, 0.1) is 18.7 Å². The molecule has 5 nitrogen and oxygen atoms in total. The Balaban J connectivity index is 1.91. The van der Waals surface area contributed by atoms with Crippen molar-refractivity contribution in [1.82, 2.24) is 0 Å². The van der Waals surface area contributed by atoms with Gasteiger partial charge in [0.1, 0.15) is 11.6 Å². The van der Waals surface area contributed by atoms with Gasteiger partial charge < -0.3 is 15.2 Å². The summed E-state index contributed by atoms with van der Waals surface area (Å²) in [6.45, 7) is 3.18. The number of anilines is 1. The van der Waals surface area contributed by atoms with Gasteiger partial charge in [-0.05, 0) is 55.2 Å². The highest BCUT2D eigenvalue weighted by atomic mass is 19.1. The van der Waals surface area contributed by atoms with Gasteiger partial charge in [0, 0.05) is 11.6 Å². The van der Waals surface area contributed by atoms with Crippen LogP contribution in [-0.4, -0.2) is 23.6 Å². The number of carboxylic acids is 1. The third-order valence-corrected chi connectivity index (χ3v) is 4.07. The fourth-order valence-corrected chi connectivity index (χ4v) is 2.47. The second-order valence-electron chi connectivity index (χ2n) is 6.18. The molecule has 0 aliphatic heterocycles. The van der Waals surface area contributed by atoms with Crippen LogP contribution in [0.2, 0.25) is 0 Å². The van der Waals surface area contributed by atoms with Gasteiger partial charge in [0.15, 0.2) is 6.61 Å². The molecule has 0 aliphatic carbocycles. The average molecular weight is 359 g/mol. The highest BCUT2D eigenvalue weighted by Gasteiger charge is 2.15. The summed E-state index contributed by atoms with van der Waals surface area (Å²) in [7, 11) is 0. The van der Waals surface area contributed by atoms with E-state index in [1.165, 1.54) is 6.07 Å². The summed E-state index contributed by atoms with van der Waals surface area (Å²) in [5, 5.41) is 11.5. The first-order valence-electron chi connectivity index (χ1n) is 8.36. The van der Waals surface area contributed by atoms with Gasteiger partial charge in [-0.15, -0.1) is 0 Å². The topological polar surface area (TPSA) is 75.6 Å². The Kier molecular flexibility index (Phi) is 6.72. The molecule has 0 heterocycles. The predicted octanol–water partition coefficient (Wildman–Crippen LogP) is 3.80. The first-order valence-corrected chi connectivity index (χ1v) is 8.36. The highest BCUT2D eigenvalue weighted by Crippen LogP contribution is 2.22. The number of carboxylic acid groups (broad SMARTS) is 1. The van der Waals surface area contributed by atoms with E-state index >= 15 is 0 Å². The Hall–Kier alpha value is -2.89. The molecule has 2 aromatic carbocycles. The Labute approximate surface area is 151 Å². The predicted molar refractivity (Wildman–Crippen MR) is 96.8 cm³/mol. The second kappa shape index (κ2) is 8.99. The number of rotatable bonds is 8. The number of hydrogen-bond donors (Lipinski definition) is 2. The summed E-state index contributed by atoms with van der Waals surface area (Å²) in [4.78, 5) is 22.9. The van der Waals surface area contributed by atoms with E-state index in [1.807, 2.05) is 0 Å². The number of aliphatic carboxylic acids is 1. The molecule has 0 fully saturated rings. The van der Waals surface area contributed by atoms with Crippen molar-refractivity contribution in [2.75, 3.05) is 11.9 Å². The van der Waals surface area contributed by atoms with Crippen molar-refractivity contribution in [2.45, 2.75) is 26.7 Å². The SMILES string of the molecule is Cc1cc(OCC(=O)O)ccc1NC(=O)C(C)CCc1ccccc1F. The Morgan fingerprint density at radius 3 is 2.62 bits per heavy atom. The molecular weight excluding hydrogens is 337 g/mol. The minimum absolute atomic E-state index is 0.149. The second-order valence-corrected chi connectivity index (χ2v) is 6.18. The molecule has 0 spiro atoms. The van der Waals surface area contributed by atoms with E-state index in [0.29, 0.717) is 29.8 Å². The molecule has 0 radical (unpaired) electrons. The third-order valence-electron chi connectivity index (χ3n) is 4.07. The third kappa shape index (κ3) is 5.58. The van der Waals surface area contributed by atoms with Gasteiger partial charge >= 0.3 is 5.97 Å². The van der Waals surface area contributed by atoms with Crippen molar-refractivity contribution in [2.24, 2.45) is 5.92 Å². The number of benzene rings is 2. The number of aryl methyl sites for hydroxylation is 2. The smallest absolute Gasteiger partial charge is 0.341 e. The van der Waals surface area contributed by atoms with Crippen LogP contribution in [0.15, 0.2) is 42.5 Å². The molecule has 2 aromatic rings. The van der Waals surface area contributed by atoms with E-state index in [0.717, 1.165) is 5.56 Å². The molecule has 0 saturated heterocycles. The van der Waals surface area contributed by atoms with Crippen molar-refractivity contribution in [3.8, 4) is 5.75 Å². The monoisotopic (exact) mass is 359 g/mol. The van der Waals surface area contributed by atoms with Crippen LogP contribution in [0.5, 0.6) is 5.75 Å². The summed E-state index contributed by atoms with van der Waals surface area (Å²) < 4.78 is 18.7. The van der Waals surface area contributed by atoms with Gasteiger partial charge in [-0.1, -0.05) is 25.1 Å². The maximum atomic E-state index is 13.6. The van der Waals surface area contributed by atoms with E-state index in [-0.39, 0.29) is 17.6 Å². The van der Waals surface area contributed by atoms with Crippen LogP contribution < -0.4 is 10.1 Å². The number of carbonyl (C=O) groups is 2. The number of carbonyl (C=O) groups excluding carboxylic acids is 1. The van der Waals surface area contributed by atoms with Crippen molar-refractivity contribution in [3.63, 3.8) is 0 Å².